The minimum atomic E-state index is -0.855. The molecule has 5 nitrogen and oxygen atoms in total. The topological polar surface area (TPSA) is 75.4 Å². The van der Waals surface area contributed by atoms with E-state index in [2.05, 4.69) is 5.32 Å². The van der Waals surface area contributed by atoms with Crippen LogP contribution in [0.2, 0.25) is 0 Å². The predicted octanol–water partition coefficient (Wildman–Crippen LogP) is 0.489. The third kappa shape index (κ3) is 3.93. The Hall–Kier alpha value is -1.10. The van der Waals surface area contributed by atoms with Crippen molar-refractivity contribution in [2.75, 3.05) is 19.6 Å². The lowest BCUT2D eigenvalue weighted by Crippen LogP contribution is -2.55. The molecule has 1 aliphatic carbocycles. The maximum absolute atomic E-state index is 12.1. The lowest BCUT2D eigenvalue weighted by Gasteiger charge is -2.35. The van der Waals surface area contributed by atoms with Gasteiger partial charge in [0.2, 0.25) is 11.8 Å². The highest BCUT2D eigenvalue weighted by Gasteiger charge is 2.34. The van der Waals surface area contributed by atoms with Gasteiger partial charge in [0.25, 0.3) is 0 Å². The average Bonchev–Trinajstić information content (AvgIpc) is 3.18. The lowest BCUT2D eigenvalue weighted by molar-refractivity contribution is -0.139. The van der Waals surface area contributed by atoms with Crippen molar-refractivity contribution in [3.05, 3.63) is 0 Å². The maximum atomic E-state index is 12.1. The lowest BCUT2D eigenvalue weighted by atomic mass is 9.95. The molecular formula is C14H25N3O2. The number of nitrogens with one attached hydrogen (secondary N) is 1. The number of carbonyl (C=O) groups is 2. The summed E-state index contributed by atoms with van der Waals surface area (Å²) in [6.45, 7) is 5.45. The van der Waals surface area contributed by atoms with Crippen molar-refractivity contribution < 1.29 is 9.59 Å². The second-order valence-corrected chi connectivity index (χ2v) is 6.50. The van der Waals surface area contributed by atoms with Crippen molar-refractivity contribution in [1.29, 1.82) is 0 Å². The molecule has 2 amide bonds. The van der Waals surface area contributed by atoms with Crippen molar-refractivity contribution in [3.8, 4) is 0 Å². The molecule has 1 heterocycles. The summed E-state index contributed by atoms with van der Waals surface area (Å²) in [6, 6.07) is 0. The average molecular weight is 267 g/mol. The molecule has 1 aliphatic heterocycles. The molecule has 0 radical (unpaired) electrons. The summed E-state index contributed by atoms with van der Waals surface area (Å²) in [4.78, 5) is 25.9. The van der Waals surface area contributed by atoms with E-state index in [9.17, 15) is 9.59 Å². The molecule has 1 unspecified atom stereocenters. The maximum Gasteiger partial charge on any atom is 0.242 e. The fraction of sp³-hybridized carbons (Fsp3) is 0.857. The van der Waals surface area contributed by atoms with Gasteiger partial charge in [-0.3, -0.25) is 9.59 Å². The van der Waals surface area contributed by atoms with E-state index in [4.69, 9.17) is 5.73 Å². The van der Waals surface area contributed by atoms with Gasteiger partial charge in [0.15, 0.2) is 0 Å². The van der Waals surface area contributed by atoms with Crippen molar-refractivity contribution in [1.82, 2.24) is 10.2 Å². The second-order valence-electron chi connectivity index (χ2n) is 6.50. The van der Waals surface area contributed by atoms with Crippen LogP contribution in [-0.4, -0.2) is 41.9 Å². The molecule has 2 rings (SSSR count). The quantitative estimate of drug-likeness (QED) is 0.778. The normalized spacial score (nSPS) is 24.2. The van der Waals surface area contributed by atoms with E-state index in [1.54, 1.807) is 18.7 Å². The number of piperidine rings is 1. The molecule has 2 aliphatic rings. The largest absolute Gasteiger partial charge is 0.356 e. The molecule has 0 aromatic heterocycles. The van der Waals surface area contributed by atoms with E-state index in [1.807, 2.05) is 0 Å². The number of likely N-dealkylation sites (tertiary alicyclic amines) is 1. The third-order valence-electron chi connectivity index (χ3n) is 3.89. The van der Waals surface area contributed by atoms with Gasteiger partial charge in [-0.15, -0.1) is 0 Å². The van der Waals surface area contributed by atoms with E-state index < -0.39 is 5.54 Å². The molecule has 1 saturated carbocycles. The fourth-order valence-corrected chi connectivity index (χ4v) is 2.49. The fourth-order valence-electron chi connectivity index (χ4n) is 2.49. The van der Waals surface area contributed by atoms with Crippen LogP contribution < -0.4 is 11.1 Å². The number of amides is 2. The molecule has 0 spiro atoms. The van der Waals surface area contributed by atoms with Gasteiger partial charge in [-0.25, -0.2) is 0 Å². The predicted molar refractivity (Wildman–Crippen MR) is 73.3 cm³/mol. The van der Waals surface area contributed by atoms with Crippen LogP contribution >= 0.6 is 0 Å². The molecule has 2 fully saturated rings. The van der Waals surface area contributed by atoms with Crippen molar-refractivity contribution in [2.24, 2.45) is 17.6 Å². The van der Waals surface area contributed by atoms with Gasteiger partial charge >= 0.3 is 0 Å². The summed E-state index contributed by atoms with van der Waals surface area (Å²) < 4.78 is 0. The zero-order chi connectivity index (χ0) is 14.0. The van der Waals surface area contributed by atoms with Crippen LogP contribution in [0.5, 0.6) is 0 Å². The first kappa shape index (κ1) is 14.3. The summed E-state index contributed by atoms with van der Waals surface area (Å²) in [5.41, 5.74) is 4.99. The standard InChI is InChI=1S/C14H25N3O2/c1-14(2,15)13(19)17-7-3-4-11(9-17)12(18)16-8-10-5-6-10/h10-11H,3-9,15H2,1-2H3,(H,16,18). The van der Waals surface area contributed by atoms with E-state index in [1.165, 1.54) is 12.8 Å². The van der Waals surface area contributed by atoms with Gasteiger partial charge < -0.3 is 16.0 Å². The minimum absolute atomic E-state index is 0.0628. The summed E-state index contributed by atoms with van der Waals surface area (Å²) in [5, 5.41) is 3.00. The molecule has 1 saturated heterocycles. The molecule has 3 N–H and O–H groups in total. The monoisotopic (exact) mass is 267 g/mol. The zero-order valence-corrected chi connectivity index (χ0v) is 11.9. The molecule has 5 heteroatoms. The summed E-state index contributed by atoms with van der Waals surface area (Å²) >= 11 is 0. The van der Waals surface area contributed by atoms with Gasteiger partial charge in [-0.1, -0.05) is 0 Å². The van der Waals surface area contributed by atoms with Gasteiger partial charge in [-0.05, 0) is 45.4 Å². The summed E-state index contributed by atoms with van der Waals surface area (Å²) in [7, 11) is 0. The Morgan fingerprint density at radius 1 is 1.32 bits per heavy atom. The first-order valence-electron chi connectivity index (χ1n) is 7.24. The van der Waals surface area contributed by atoms with E-state index in [0.29, 0.717) is 19.0 Å². The molecule has 0 aromatic carbocycles. The Morgan fingerprint density at radius 3 is 2.58 bits per heavy atom. The number of hydrogen-bond acceptors (Lipinski definition) is 3. The highest BCUT2D eigenvalue weighted by Crippen LogP contribution is 2.28. The van der Waals surface area contributed by atoms with Gasteiger partial charge in [0.1, 0.15) is 0 Å². The summed E-state index contributed by atoms with van der Waals surface area (Å²) in [5.74, 6) is 0.651. The number of rotatable bonds is 4. The smallest absolute Gasteiger partial charge is 0.242 e. The van der Waals surface area contributed by atoms with Gasteiger partial charge in [0.05, 0.1) is 11.5 Å². The molecule has 19 heavy (non-hydrogen) atoms. The van der Waals surface area contributed by atoms with E-state index in [0.717, 1.165) is 19.4 Å². The van der Waals surface area contributed by atoms with Crippen LogP contribution in [0.4, 0.5) is 0 Å². The number of nitrogens with two attached hydrogens (primary N) is 1. The third-order valence-corrected chi connectivity index (χ3v) is 3.89. The molecular weight excluding hydrogens is 242 g/mol. The van der Waals surface area contributed by atoms with Crippen LogP contribution in [0.1, 0.15) is 39.5 Å². The molecule has 0 aromatic rings. The van der Waals surface area contributed by atoms with Crippen LogP contribution in [0.3, 0.4) is 0 Å². The minimum Gasteiger partial charge on any atom is -0.356 e. The van der Waals surface area contributed by atoms with E-state index >= 15 is 0 Å². The van der Waals surface area contributed by atoms with Crippen molar-refractivity contribution in [2.45, 2.75) is 45.1 Å². The Bertz CT molecular complexity index is 358. The Balaban J connectivity index is 1.85. The first-order chi connectivity index (χ1) is 8.88. The number of hydrogen-bond donors (Lipinski definition) is 2. The van der Waals surface area contributed by atoms with Crippen molar-refractivity contribution >= 4 is 11.8 Å². The van der Waals surface area contributed by atoms with Gasteiger partial charge in [-0.2, -0.15) is 0 Å². The molecule has 0 bridgehead atoms. The number of carbonyl (C=O) groups excluding carboxylic acids is 2. The summed E-state index contributed by atoms with van der Waals surface area (Å²) in [6.07, 6.45) is 4.21. The van der Waals surface area contributed by atoms with Crippen molar-refractivity contribution in [3.63, 3.8) is 0 Å². The van der Waals surface area contributed by atoms with Crippen LogP contribution in [0.15, 0.2) is 0 Å². The van der Waals surface area contributed by atoms with E-state index in [-0.39, 0.29) is 17.7 Å². The van der Waals surface area contributed by atoms with Crippen LogP contribution in [0.25, 0.3) is 0 Å². The highest BCUT2D eigenvalue weighted by molar-refractivity contribution is 5.86. The SMILES string of the molecule is CC(C)(N)C(=O)N1CCCC(C(=O)NCC2CC2)C1. The zero-order valence-electron chi connectivity index (χ0n) is 11.9. The molecule has 108 valence electrons. The first-order valence-corrected chi connectivity index (χ1v) is 7.24. The van der Waals surface area contributed by atoms with Gasteiger partial charge in [0, 0.05) is 19.6 Å². The van der Waals surface area contributed by atoms with Crippen LogP contribution in [0, 0.1) is 11.8 Å². The highest BCUT2D eigenvalue weighted by atomic mass is 16.2. The van der Waals surface area contributed by atoms with Crippen LogP contribution in [-0.2, 0) is 9.59 Å². The number of nitrogens with zero attached hydrogens (tertiary/aromatic N) is 1. The Kier molecular flexibility index (Phi) is 4.13. The Labute approximate surface area is 114 Å². The second kappa shape index (κ2) is 5.49. The molecule has 1 atom stereocenters. The Morgan fingerprint density at radius 2 is 2.00 bits per heavy atom.